The lowest BCUT2D eigenvalue weighted by Crippen LogP contribution is -2.46. The van der Waals surface area contributed by atoms with Crippen LogP contribution in [0.1, 0.15) is 206 Å². The number of aliphatic hydroxyl groups excluding tert-OH is 1. The van der Waals surface area contributed by atoms with Crippen molar-refractivity contribution in [2.24, 2.45) is 5.73 Å². The Hall–Kier alpha value is -0.500. The van der Waals surface area contributed by atoms with Crippen molar-refractivity contribution >= 4 is 13.7 Å². The lowest BCUT2D eigenvalue weighted by molar-refractivity contribution is -0.123. The zero-order chi connectivity index (χ0) is 34.7. The number of rotatable bonds is 38. The van der Waals surface area contributed by atoms with E-state index in [-0.39, 0.29) is 25.7 Å². The van der Waals surface area contributed by atoms with Gasteiger partial charge in [0.25, 0.3) is 0 Å². The molecule has 8 nitrogen and oxygen atoms in total. The van der Waals surface area contributed by atoms with Crippen LogP contribution in [0.2, 0.25) is 0 Å². The minimum atomic E-state index is -4.30. The Bertz CT molecular complexity index is 714. The van der Waals surface area contributed by atoms with Gasteiger partial charge in [-0.05, 0) is 12.8 Å². The van der Waals surface area contributed by atoms with Gasteiger partial charge in [0, 0.05) is 13.0 Å². The van der Waals surface area contributed by atoms with Gasteiger partial charge >= 0.3 is 7.82 Å². The van der Waals surface area contributed by atoms with Crippen LogP contribution in [-0.2, 0) is 18.4 Å². The molecule has 47 heavy (non-hydrogen) atoms. The summed E-state index contributed by atoms with van der Waals surface area (Å²) in [5.41, 5.74) is 5.37. The lowest BCUT2D eigenvalue weighted by Gasteiger charge is -2.25. The third-order valence-electron chi connectivity index (χ3n) is 9.21. The number of phosphoric ester groups is 1. The molecule has 0 aromatic carbocycles. The first-order valence-electron chi connectivity index (χ1n) is 20.2. The molecule has 0 bridgehead atoms. The van der Waals surface area contributed by atoms with Crippen molar-refractivity contribution in [1.29, 1.82) is 0 Å². The normalized spacial score (nSPS) is 14.2. The number of carbonyl (C=O) groups excluding carboxylic acids is 1. The smallest absolute Gasteiger partial charge is 0.391 e. The molecule has 5 N–H and O–H groups in total. The molecule has 3 atom stereocenters. The van der Waals surface area contributed by atoms with E-state index in [2.05, 4.69) is 19.2 Å². The first kappa shape index (κ1) is 46.5. The van der Waals surface area contributed by atoms with Crippen molar-refractivity contribution in [1.82, 2.24) is 5.32 Å². The fourth-order valence-corrected chi connectivity index (χ4v) is 6.90. The van der Waals surface area contributed by atoms with Gasteiger partial charge in [0.15, 0.2) is 0 Å². The molecule has 0 aromatic heterocycles. The number of nitrogens with one attached hydrogen (secondary N) is 1. The summed E-state index contributed by atoms with van der Waals surface area (Å²) < 4.78 is 22.1. The molecule has 0 aliphatic rings. The summed E-state index contributed by atoms with van der Waals surface area (Å²) in [7, 11) is -4.30. The molecule has 0 aliphatic carbocycles. The number of hydrogen-bond acceptors (Lipinski definition) is 6. The van der Waals surface area contributed by atoms with Gasteiger partial charge in [-0.3, -0.25) is 13.8 Å². The summed E-state index contributed by atoms with van der Waals surface area (Å²) >= 11 is 0. The fourth-order valence-electron chi connectivity index (χ4n) is 6.14. The molecular weight excluding hydrogens is 611 g/mol. The predicted molar refractivity (Wildman–Crippen MR) is 199 cm³/mol. The largest absolute Gasteiger partial charge is 0.472 e. The Labute approximate surface area is 291 Å². The molecular formula is C38H79N2O6P. The van der Waals surface area contributed by atoms with E-state index in [1.165, 1.54) is 141 Å². The van der Waals surface area contributed by atoms with Crippen LogP contribution in [0.25, 0.3) is 0 Å². The van der Waals surface area contributed by atoms with Gasteiger partial charge in [-0.2, -0.15) is 0 Å². The SMILES string of the molecule is CCCCCCCCCCCCCCCCC(=O)NC(COP(=O)(O)OCCN)C(O)CCCCCCCCCCCCCCCC. The number of phosphoric acid groups is 1. The van der Waals surface area contributed by atoms with E-state index < -0.39 is 20.0 Å². The van der Waals surface area contributed by atoms with Crippen molar-refractivity contribution in [3.05, 3.63) is 0 Å². The molecule has 0 spiro atoms. The van der Waals surface area contributed by atoms with Gasteiger partial charge < -0.3 is 21.1 Å². The van der Waals surface area contributed by atoms with Gasteiger partial charge in [-0.1, -0.05) is 187 Å². The van der Waals surface area contributed by atoms with E-state index in [0.29, 0.717) is 12.8 Å². The second-order valence-corrected chi connectivity index (χ2v) is 15.3. The van der Waals surface area contributed by atoms with Gasteiger partial charge in [0.05, 0.1) is 25.4 Å². The van der Waals surface area contributed by atoms with E-state index in [4.69, 9.17) is 14.8 Å². The molecule has 0 radical (unpaired) electrons. The van der Waals surface area contributed by atoms with E-state index in [1.54, 1.807) is 0 Å². The standard InChI is InChI=1S/C38H79N2O6P/c1-3-5-7-9-11-13-15-17-19-21-23-25-27-29-31-37(41)36(35-46-47(43,44)45-34-33-39)40-38(42)32-30-28-26-24-22-20-18-16-14-12-10-8-6-4-2/h36-37,41H,3-35,39H2,1-2H3,(H,40,42)(H,43,44). The molecule has 1 amide bonds. The highest BCUT2D eigenvalue weighted by Crippen LogP contribution is 2.43. The highest BCUT2D eigenvalue weighted by atomic mass is 31.2. The summed E-state index contributed by atoms with van der Waals surface area (Å²) in [6.45, 7) is 4.22. The maximum atomic E-state index is 12.7. The van der Waals surface area contributed by atoms with E-state index in [0.717, 1.165) is 38.5 Å². The summed E-state index contributed by atoms with van der Waals surface area (Å²) in [5.74, 6) is -0.159. The van der Waals surface area contributed by atoms with Crippen molar-refractivity contribution in [3.63, 3.8) is 0 Å². The Morgan fingerprint density at radius 1 is 0.617 bits per heavy atom. The van der Waals surface area contributed by atoms with Gasteiger partial charge in [-0.15, -0.1) is 0 Å². The molecule has 0 aromatic rings. The van der Waals surface area contributed by atoms with Crippen LogP contribution in [0.15, 0.2) is 0 Å². The highest BCUT2D eigenvalue weighted by Gasteiger charge is 2.27. The van der Waals surface area contributed by atoms with Crippen LogP contribution in [0.4, 0.5) is 0 Å². The first-order chi connectivity index (χ1) is 22.9. The predicted octanol–water partition coefficient (Wildman–Crippen LogP) is 10.7. The average Bonchev–Trinajstić information content (AvgIpc) is 3.05. The van der Waals surface area contributed by atoms with Crippen molar-refractivity contribution in [2.75, 3.05) is 19.8 Å². The summed E-state index contributed by atoms with van der Waals surface area (Å²) in [5, 5.41) is 13.8. The second kappa shape index (κ2) is 35.3. The quantitative estimate of drug-likeness (QED) is 0.0374. The summed E-state index contributed by atoms with van der Waals surface area (Å²) in [4.78, 5) is 22.6. The van der Waals surface area contributed by atoms with Crippen molar-refractivity contribution < 1.29 is 28.4 Å². The molecule has 0 rings (SSSR count). The van der Waals surface area contributed by atoms with Gasteiger partial charge in [0.1, 0.15) is 0 Å². The van der Waals surface area contributed by atoms with E-state index in [1.807, 2.05) is 0 Å². The summed E-state index contributed by atoms with van der Waals surface area (Å²) in [6, 6.07) is -0.766. The number of nitrogens with two attached hydrogens (primary N) is 1. The van der Waals surface area contributed by atoms with Crippen LogP contribution in [-0.4, -0.2) is 47.8 Å². The molecule has 0 saturated heterocycles. The molecule has 9 heteroatoms. The Balaban J connectivity index is 4.18. The topological polar surface area (TPSA) is 131 Å². The number of amides is 1. The molecule has 0 fully saturated rings. The molecule has 0 aliphatic heterocycles. The van der Waals surface area contributed by atoms with E-state index in [9.17, 15) is 19.4 Å². The number of unbranched alkanes of at least 4 members (excludes halogenated alkanes) is 26. The maximum absolute atomic E-state index is 12.7. The van der Waals surface area contributed by atoms with Gasteiger partial charge in [-0.25, -0.2) is 4.57 Å². The number of hydrogen-bond donors (Lipinski definition) is 4. The van der Waals surface area contributed by atoms with Crippen LogP contribution in [0.5, 0.6) is 0 Å². The van der Waals surface area contributed by atoms with Crippen LogP contribution < -0.4 is 11.1 Å². The first-order valence-corrected chi connectivity index (χ1v) is 21.6. The Morgan fingerprint density at radius 2 is 0.979 bits per heavy atom. The van der Waals surface area contributed by atoms with Crippen LogP contribution >= 0.6 is 7.82 Å². The number of aliphatic hydroxyl groups is 1. The lowest BCUT2D eigenvalue weighted by atomic mass is 10.0. The highest BCUT2D eigenvalue weighted by molar-refractivity contribution is 7.47. The average molecular weight is 691 g/mol. The minimum absolute atomic E-state index is 0.0923. The zero-order valence-corrected chi connectivity index (χ0v) is 31.9. The third kappa shape index (κ3) is 33.8. The molecule has 0 saturated carbocycles. The maximum Gasteiger partial charge on any atom is 0.472 e. The van der Waals surface area contributed by atoms with Crippen LogP contribution in [0, 0.1) is 0 Å². The number of carbonyl (C=O) groups is 1. The molecule has 0 heterocycles. The van der Waals surface area contributed by atoms with E-state index >= 15 is 0 Å². The zero-order valence-electron chi connectivity index (χ0n) is 31.0. The molecule has 3 unspecified atom stereocenters. The van der Waals surface area contributed by atoms with Crippen molar-refractivity contribution in [2.45, 2.75) is 219 Å². The Kier molecular flexibility index (Phi) is 35.0. The monoisotopic (exact) mass is 691 g/mol. The second-order valence-electron chi connectivity index (χ2n) is 13.9. The van der Waals surface area contributed by atoms with Gasteiger partial charge in [0.2, 0.25) is 5.91 Å². The molecule has 282 valence electrons. The summed E-state index contributed by atoms with van der Waals surface area (Å²) in [6.07, 6.45) is 35.3. The third-order valence-corrected chi connectivity index (χ3v) is 10.2. The minimum Gasteiger partial charge on any atom is -0.391 e. The van der Waals surface area contributed by atoms with Crippen molar-refractivity contribution in [3.8, 4) is 0 Å². The fraction of sp³-hybridized carbons (Fsp3) is 0.974. The Morgan fingerprint density at radius 3 is 1.36 bits per heavy atom. The van der Waals surface area contributed by atoms with Crippen LogP contribution in [0.3, 0.4) is 0 Å².